The number of aromatic nitrogens is 2. The summed E-state index contributed by atoms with van der Waals surface area (Å²) in [6, 6.07) is 11.3. The van der Waals surface area contributed by atoms with Crippen molar-refractivity contribution in [3.63, 3.8) is 0 Å². The van der Waals surface area contributed by atoms with E-state index in [1.807, 2.05) is 19.1 Å². The van der Waals surface area contributed by atoms with Crippen molar-refractivity contribution in [1.29, 1.82) is 0 Å². The van der Waals surface area contributed by atoms with Gasteiger partial charge in [0.15, 0.2) is 5.16 Å². The van der Waals surface area contributed by atoms with Crippen LogP contribution in [0.1, 0.15) is 15.9 Å². The summed E-state index contributed by atoms with van der Waals surface area (Å²) < 4.78 is 25.8. The normalized spacial score (nSPS) is 11.5. The largest absolute Gasteiger partial charge is 0.322 e. The molecule has 0 aliphatic carbocycles. The average molecular weight is 463 g/mol. The van der Waals surface area contributed by atoms with Gasteiger partial charge in [0.1, 0.15) is 0 Å². The maximum atomic E-state index is 12.8. The van der Waals surface area contributed by atoms with Crippen LogP contribution in [0.25, 0.3) is 0 Å². The Morgan fingerprint density at radius 1 is 1.10 bits per heavy atom. The molecule has 0 spiro atoms. The number of carbonyl (C=O) groups excluding carboxylic acids is 1. The summed E-state index contributed by atoms with van der Waals surface area (Å²) in [5.41, 5.74) is 1.50. The van der Waals surface area contributed by atoms with Crippen molar-refractivity contribution < 1.29 is 13.2 Å². The van der Waals surface area contributed by atoms with Gasteiger partial charge in [0.2, 0.25) is 10.0 Å². The summed E-state index contributed by atoms with van der Waals surface area (Å²) in [7, 11) is -0.839. The number of anilines is 1. The fraction of sp³-hybridized carbons (Fsp3) is 0.150. The zero-order chi connectivity index (χ0) is 21.9. The zero-order valence-electron chi connectivity index (χ0n) is 16.5. The van der Waals surface area contributed by atoms with Gasteiger partial charge in [-0.1, -0.05) is 11.6 Å². The van der Waals surface area contributed by atoms with E-state index in [2.05, 4.69) is 15.3 Å². The van der Waals surface area contributed by atoms with E-state index in [0.29, 0.717) is 10.8 Å². The number of carbonyl (C=O) groups is 1. The van der Waals surface area contributed by atoms with E-state index in [1.165, 1.54) is 44.1 Å². The second-order valence-corrected chi connectivity index (χ2v) is 10.1. The molecule has 0 fully saturated rings. The van der Waals surface area contributed by atoms with E-state index in [9.17, 15) is 13.2 Å². The Labute approximate surface area is 184 Å². The molecule has 0 radical (unpaired) electrons. The first kappa shape index (κ1) is 22.2. The Morgan fingerprint density at radius 2 is 1.80 bits per heavy atom. The number of hydrogen-bond acceptors (Lipinski definition) is 6. The van der Waals surface area contributed by atoms with Crippen LogP contribution in [-0.2, 0) is 10.0 Å². The van der Waals surface area contributed by atoms with Gasteiger partial charge in [-0.3, -0.25) is 4.79 Å². The number of benzene rings is 2. The van der Waals surface area contributed by atoms with Gasteiger partial charge in [-0.2, -0.15) is 0 Å². The molecule has 0 bridgehead atoms. The van der Waals surface area contributed by atoms with Crippen LogP contribution in [0.2, 0.25) is 5.02 Å². The molecule has 30 heavy (non-hydrogen) atoms. The maximum absolute atomic E-state index is 12.8. The number of halogens is 1. The van der Waals surface area contributed by atoms with Crippen LogP contribution < -0.4 is 5.32 Å². The van der Waals surface area contributed by atoms with E-state index < -0.39 is 15.9 Å². The minimum absolute atomic E-state index is 0.00613. The van der Waals surface area contributed by atoms with Gasteiger partial charge in [0, 0.05) is 37.1 Å². The summed E-state index contributed by atoms with van der Waals surface area (Å²) in [5.74, 6) is -0.495. The predicted octanol–water partition coefficient (Wildman–Crippen LogP) is 4.09. The molecular weight excluding hydrogens is 444 g/mol. The Balaban J connectivity index is 1.82. The van der Waals surface area contributed by atoms with Gasteiger partial charge >= 0.3 is 0 Å². The summed E-state index contributed by atoms with van der Waals surface area (Å²) in [5, 5.41) is 3.58. The molecule has 7 nitrogen and oxygen atoms in total. The minimum Gasteiger partial charge on any atom is -0.322 e. The second-order valence-electron chi connectivity index (χ2n) is 6.49. The smallest absolute Gasteiger partial charge is 0.257 e. The van der Waals surface area contributed by atoms with Gasteiger partial charge < -0.3 is 5.32 Å². The first-order chi connectivity index (χ1) is 14.2. The molecule has 10 heteroatoms. The minimum atomic E-state index is -3.69. The Bertz CT molecular complexity index is 1190. The lowest BCUT2D eigenvalue weighted by molar-refractivity contribution is 0.102. The van der Waals surface area contributed by atoms with Crippen molar-refractivity contribution in [3.8, 4) is 0 Å². The molecule has 0 aliphatic heterocycles. The van der Waals surface area contributed by atoms with E-state index in [1.54, 1.807) is 24.5 Å². The van der Waals surface area contributed by atoms with E-state index in [4.69, 9.17) is 11.6 Å². The number of rotatable bonds is 6. The van der Waals surface area contributed by atoms with Crippen LogP contribution in [0.15, 0.2) is 69.8 Å². The van der Waals surface area contributed by atoms with E-state index in [0.717, 1.165) is 14.8 Å². The van der Waals surface area contributed by atoms with Crippen molar-refractivity contribution in [3.05, 3.63) is 71.0 Å². The van der Waals surface area contributed by atoms with Crippen LogP contribution in [-0.4, -0.2) is 42.7 Å². The SMILES string of the molecule is Cc1cc(Sc2ncccn2)ccc1NC(=O)c1cc(S(=O)(=O)N(C)C)ccc1Cl. The Morgan fingerprint density at radius 3 is 2.43 bits per heavy atom. The monoisotopic (exact) mass is 462 g/mol. The summed E-state index contributed by atoms with van der Waals surface area (Å²) in [6.07, 6.45) is 3.34. The van der Waals surface area contributed by atoms with Crippen molar-refractivity contribution >= 4 is 45.0 Å². The van der Waals surface area contributed by atoms with E-state index >= 15 is 0 Å². The molecular formula is C20H19ClN4O3S2. The predicted molar refractivity (Wildman–Crippen MR) is 118 cm³/mol. The third-order valence-electron chi connectivity index (χ3n) is 4.16. The molecule has 156 valence electrons. The van der Waals surface area contributed by atoms with Crippen molar-refractivity contribution in [2.75, 3.05) is 19.4 Å². The number of hydrogen-bond donors (Lipinski definition) is 1. The lowest BCUT2D eigenvalue weighted by Gasteiger charge is -2.14. The highest BCUT2D eigenvalue weighted by molar-refractivity contribution is 7.99. The fourth-order valence-corrected chi connectivity index (χ4v) is 4.46. The topological polar surface area (TPSA) is 92.3 Å². The van der Waals surface area contributed by atoms with Crippen LogP contribution in [0.3, 0.4) is 0 Å². The molecule has 3 aromatic rings. The third-order valence-corrected chi connectivity index (χ3v) is 7.18. The highest BCUT2D eigenvalue weighted by Gasteiger charge is 2.21. The number of sulfonamides is 1. The molecule has 2 aromatic carbocycles. The number of aryl methyl sites for hydroxylation is 1. The van der Waals surface area contributed by atoms with E-state index in [-0.39, 0.29) is 15.5 Å². The summed E-state index contributed by atoms with van der Waals surface area (Å²) in [4.78, 5) is 22.1. The quantitative estimate of drug-likeness (QED) is 0.554. The summed E-state index contributed by atoms with van der Waals surface area (Å²) in [6.45, 7) is 1.86. The standard InChI is InChI=1S/C20H19ClN4O3S2/c1-13-11-14(29-20-22-9-4-10-23-20)5-8-18(13)24-19(26)16-12-15(6-7-17(16)21)30(27,28)25(2)3/h4-12H,1-3H3,(H,24,26). The molecule has 0 aliphatic rings. The maximum Gasteiger partial charge on any atom is 0.257 e. The second kappa shape index (κ2) is 9.13. The molecule has 1 amide bonds. The van der Waals surface area contributed by atoms with Gasteiger partial charge in [0.05, 0.1) is 15.5 Å². The van der Waals surface area contributed by atoms with Crippen molar-refractivity contribution in [1.82, 2.24) is 14.3 Å². The van der Waals surface area contributed by atoms with Gasteiger partial charge in [-0.05, 0) is 66.7 Å². The number of amides is 1. The number of nitrogens with zero attached hydrogens (tertiary/aromatic N) is 3. The lowest BCUT2D eigenvalue weighted by Crippen LogP contribution is -2.23. The Kier molecular flexibility index (Phi) is 6.77. The molecule has 0 saturated carbocycles. The lowest BCUT2D eigenvalue weighted by atomic mass is 10.1. The first-order valence-corrected chi connectivity index (χ1v) is 11.4. The highest BCUT2D eigenvalue weighted by atomic mass is 35.5. The van der Waals surface area contributed by atoms with Crippen LogP contribution >= 0.6 is 23.4 Å². The van der Waals surface area contributed by atoms with Crippen LogP contribution in [0, 0.1) is 6.92 Å². The van der Waals surface area contributed by atoms with Gasteiger partial charge in [-0.15, -0.1) is 0 Å². The molecule has 0 atom stereocenters. The highest BCUT2D eigenvalue weighted by Crippen LogP contribution is 2.29. The Hall–Kier alpha value is -2.46. The number of nitrogens with one attached hydrogen (secondary N) is 1. The molecule has 3 rings (SSSR count). The molecule has 0 saturated heterocycles. The van der Waals surface area contributed by atoms with Crippen LogP contribution in [0.4, 0.5) is 5.69 Å². The summed E-state index contributed by atoms with van der Waals surface area (Å²) >= 11 is 7.56. The molecule has 0 unspecified atom stereocenters. The zero-order valence-corrected chi connectivity index (χ0v) is 18.8. The fourth-order valence-electron chi connectivity index (χ4n) is 2.52. The molecule has 1 heterocycles. The third kappa shape index (κ3) is 4.99. The average Bonchev–Trinajstić information content (AvgIpc) is 2.70. The van der Waals surface area contributed by atoms with Crippen molar-refractivity contribution in [2.24, 2.45) is 0 Å². The van der Waals surface area contributed by atoms with Crippen molar-refractivity contribution in [2.45, 2.75) is 21.9 Å². The van der Waals surface area contributed by atoms with Gasteiger partial charge in [-0.25, -0.2) is 22.7 Å². The van der Waals surface area contributed by atoms with Crippen LogP contribution in [0.5, 0.6) is 0 Å². The first-order valence-electron chi connectivity index (χ1n) is 8.77. The molecule has 1 N–H and O–H groups in total. The molecule has 1 aromatic heterocycles. The van der Waals surface area contributed by atoms with Gasteiger partial charge in [0.25, 0.3) is 5.91 Å².